The smallest absolute Gasteiger partial charge is 0.336 e. The fourth-order valence-corrected chi connectivity index (χ4v) is 3.86. The first-order valence-corrected chi connectivity index (χ1v) is 7.01. The van der Waals surface area contributed by atoms with Gasteiger partial charge in [-0.25, -0.2) is 4.79 Å². The van der Waals surface area contributed by atoms with E-state index in [4.69, 9.17) is 5.11 Å². The molecule has 0 bridgehead atoms. The van der Waals surface area contributed by atoms with E-state index in [1.807, 2.05) is 6.07 Å². The van der Waals surface area contributed by atoms with Crippen molar-refractivity contribution in [2.75, 3.05) is 0 Å². The first kappa shape index (κ1) is 11.5. The number of carboxylic acids is 1. The fourth-order valence-electron chi connectivity index (χ4n) is 2.70. The lowest BCUT2D eigenvalue weighted by Gasteiger charge is -2.22. The van der Waals surface area contributed by atoms with Gasteiger partial charge in [0.1, 0.15) is 0 Å². The molecule has 1 N–H and O–H groups in total. The number of hydrogen-bond acceptors (Lipinski definition) is 2. The number of rotatable bonds is 2. The number of hydrogen-bond donors (Lipinski definition) is 1. The molecule has 0 radical (unpaired) electrons. The van der Waals surface area contributed by atoms with E-state index in [0.29, 0.717) is 11.5 Å². The van der Waals surface area contributed by atoms with Gasteiger partial charge in [-0.2, -0.15) is 0 Å². The van der Waals surface area contributed by atoms with Crippen LogP contribution in [-0.2, 0) is 12.8 Å². The maximum Gasteiger partial charge on any atom is 0.336 e. The van der Waals surface area contributed by atoms with Crippen molar-refractivity contribution in [1.82, 2.24) is 0 Å². The minimum atomic E-state index is -0.786. The van der Waals surface area contributed by atoms with Crippen LogP contribution in [0.3, 0.4) is 0 Å². The summed E-state index contributed by atoms with van der Waals surface area (Å²) in [7, 11) is 0. The summed E-state index contributed by atoms with van der Waals surface area (Å²) >= 11 is 1.60. The summed E-state index contributed by atoms with van der Waals surface area (Å²) in [5, 5.41) is 10.9. The van der Waals surface area contributed by atoms with Gasteiger partial charge in [0.15, 0.2) is 0 Å². The van der Waals surface area contributed by atoms with Crippen LogP contribution in [-0.4, -0.2) is 11.1 Å². The Kier molecular flexibility index (Phi) is 2.92. The summed E-state index contributed by atoms with van der Waals surface area (Å²) in [6.07, 6.45) is 2.92. The highest BCUT2D eigenvalue weighted by Crippen LogP contribution is 2.37. The summed E-state index contributed by atoms with van der Waals surface area (Å²) in [6, 6.07) is 10.5. The third kappa shape index (κ3) is 1.95. The van der Waals surface area contributed by atoms with Crippen molar-refractivity contribution in [1.29, 1.82) is 0 Å². The monoisotopic (exact) mass is 258 g/mol. The third-order valence-corrected chi connectivity index (χ3v) is 4.71. The van der Waals surface area contributed by atoms with Crippen LogP contribution in [0.1, 0.15) is 38.7 Å². The Hall–Kier alpha value is -1.61. The van der Waals surface area contributed by atoms with Crippen molar-refractivity contribution >= 4 is 17.3 Å². The van der Waals surface area contributed by atoms with Crippen molar-refractivity contribution in [3.8, 4) is 0 Å². The highest BCUT2D eigenvalue weighted by Gasteiger charge is 2.25. The van der Waals surface area contributed by atoms with Crippen LogP contribution >= 0.6 is 11.3 Å². The Morgan fingerprint density at radius 1 is 1.28 bits per heavy atom. The Morgan fingerprint density at radius 3 is 2.78 bits per heavy atom. The third-order valence-electron chi connectivity index (χ3n) is 3.66. The maximum atomic E-state index is 11.1. The normalized spacial score (nSPS) is 18.3. The quantitative estimate of drug-likeness (QED) is 0.891. The average molecular weight is 258 g/mol. The van der Waals surface area contributed by atoms with Gasteiger partial charge in [0.05, 0.1) is 5.56 Å². The van der Waals surface area contributed by atoms with Crippen molar-refractivity contribution in [2.24, 2.45) is 0 Å². The van der Waals surface area contributed by atoms with Crippen molar-refractivity contribution in [3.63, 3.8) is 0 Å². The van der Waals surface area contributed by atoms with Crippen molar-refractivity contribution < 1.29 is 9.90 Å². The minimum absolute atomic E-state index is 0.515. The topological polar surface area (TPSA) is 37.3 Å². The molecule has 18 heavy (non-hydrogen) atoms. The second kappa shape index (κ2) is 4.58. The Bertz CT molecular complexity index is 571. The lowest BCUT2D eigenvalue weighted by molar-refractivity contribution is 0.0696. The predicted octanol–water partition coefficient (Wildman–Crippen LogP) is 3.72. The van der Waals surface area contributed by atoms with E-state index in [1.165, 1.54) is 10.4 Å². The molecule has 0 fully saturated rings. The van der Waals surface area contributed by atoms with Gasteiger partial charge in [0.25, 0.3) is 0 Å². The molecule has 3 heteroatoms. The van der Waals surface area contributed by atoms with Gasteiger partial charge in [-0.15, -0.1) is 11.3 Å². The van der Waals surface area contributed by atoms with E-state index in [0.717, 1.165) is 24.8 Å². The lowest BCUT2D eigenvalue weighted by Crippen LogP contribution is -2.13. The molecular formula is C15H14O2S. The molecule has 0 amide bonds. The van der Waals surface area contributed by atoms with Gasteiger partial charge in [-0.05, 0) is 36.3 Å². The van der Waals surface area contributed by atoms with E-state index >= 15 is 0 Å². The minimum Gasteiger partial charge on any atom is -0.478 e. The van der Waals surface area contributed by atoms with Gasteiger partial charge >= 0.3 is 5.97 Å². The molecule has 1 atom stereocenters. The van der Waals surface area contributed by atoms with Gasteiger partial charge in [0, 0.05) is 10.3 Å². The molecular weight excluding hydrogens is 244 g/mol. The second-order valence-corrected chi connectivity index (χ2v) is 5.67. The number of thiophene rings is 1. The lowest BCUT2D eigenvalue weighted by atomic mass is 9.83. The summed E-state index contributed by atoms with van der Waals surface area (Å²) in [4.78, 5) is 12.3. The molecule has 0 unspecified atom stereocenters. The molecule has 1 aromatic carbocycles. The van der Waals surface area contributed by atoms with E-state index in [-0.39, 0.29) is 0 Å². The number of fused-ring (bicyclic) bond motifs is 1. The van der Waals surface area contributed by atoms with E-state index in [2.05, 4.69) is 24.3 Å². The molecule has 0 saturated carbocycles. The zero-order chi connectivity index (χ0) is 12.5. The Morgan fingerprint density at radius 2 is 2.06 bits per heavy atom. The van der Waals surface area contributed by atoms with Crippen LogP contribution in [0.2, 0.25) is 0 Å². The second-order valence-electron chi connectivity index (χ2n) is 4.71. The summed E-state index contributed by atoms with van der Waals surface area (Å²) in [5.74, 6) is -0.246. The zero-order valence-electron chi connectivity index (χ0n) is 9.93. The maximum absolute atomic E-state index is 11.1. The molecule has 1 aliphatic carbocycles. The first-order chi connectivity index (χ1) is 8.75. The number of carboxylic acid groups (broad SMARTS) is 1. The van der Waals surface area contributed by atoms with E-state index in [1.54, 1.807) is 16.7 Å². The molecule has 1 aromatic heterocycles. The number of benzene rings is 1. The molecule has 2 aromatic rings. The van der Waals surface area contributed by atoms with Crippen molar-refractivity contribution in [3.05, 3.63) is 57.3 Å². The van der Waals surface area contributed by atoms with Crippen LogP contribution in [0.5, 0.6) is 0 Å². The summed E-state index contributed by atoms with van der Waals surface area (Å²) in [5.41, 5.74) is 2.95. The van der Waals surface area contributed by atoms with E-state index < -0.39 is 5.97 Å². The largest absolute Gasteiger partial charge is 0.478 e. The van der Waals surface area contributed by atoms with Gasteiger partial charge in [-0.3, -0.25) is 0 Å². The van der Waals surface area contributed by atoms with Crippen molar-refractivity contribution in [2.45, 2.75) is 25.2 Å². The average Bonchev–Trinajstić information content (AvgIpc) is 2.82. The highest BCUT2D eigenvalue weighted by molar-refractivity contribution is 7.10. The number of carbonyl (C=O) groups is 1. The number of aromatic carboxylic acids is 1. The molecule has 92 valence electrons. The summed E-state index contributed by atoms with van der Waals surface area (Å²) in [6.45, 7) is 0. The fraction of sp³-hybridized carbons (Fsp3) is 0.267. The molecule has 0 spiro atoms. The predicted molar refractivity (Wildman–Crippen MR) is 72.5 cm³/mol. The zero-order valence-corrected chi connectivity index (χ0v) is 10.7. The standard InChI is InChI=1S/C15H14O2S/c16-15(17)13-9-18-14-8-11(6-7-12(13)14)10-4-2-1-3-5-10/h1-5,9,11H,6-8H2,(H,16,17)/t11-/m1/s1. The molecule has 2 nitrogen and oxygen atoms in total. The summed E-state index contributed by atoms with van der Waals surface area (Å²) < 4.78 is 0. The Labute approximate surface area is 110 Å². The van der Waals surface area contributed by atoms with Gasteiger partial charge < -0.3 is 5.11 Å². The Balaban J connectivity index is 1.89. The highest BCUT2D eigenvalue weighted by atomic mass is 32.1. The SMILES string of the molecule is O=C(O)c1csc2c1CC[C@@H](c1ccccc1)C2. The van der Waals surface area contributed by atoms with Crippen LogP contribution in [0.25, 0.3) is 0 Å². The van der Waals surface area contributed by atoms with Crippen LogP contribution in [0, 0.1) is 0 Å². The molecule has 1 heterocycles. The van der Waals surface area contributed by atoms with E-state index in [9.17, 15) is 4.79 Å². The molecule has 1 aliphatic rings. The molecule has 0 saturated heterocycles. The van der Waals surface area contributed by atoms with Crippen LogP contribution in [0.4, 0.5) is 0 Å². The van der Waals surface area contributed by atoms with Gasteiger partial charge in [-0.1, -0.05) is 30.3 Å². The van der Waals surface area contributed by atoms with Gasteiger partial charge in [0.2, 0.25) is 0 Å². The first-order valence-electron chi connectivity index (χ1n) is 6.13. The van der Waals surface area contributed by atoms with Crippen LogP contribution in [0.15, 0.2) is 35.7 Å². The molecule has 3 rings (SSSR count). The van der Waals surface area contributed by atoms with Crippen LogP contribution < -0.4 is 0 Å². The molecule has 0 aliphatic heterocycles.